The minimum atomic E-state index is -0.310. The Kier molecular flexibility index (Phi) is 4.85. The van der Waals surface area contributed by atoms with Crippen molar-refractivity contribution < 1.29 is 4.79 Å². The van der Waals surface area contributed by atoms with Crippen LogP contribution in [0.1, 0.15) is 55.0 Å². The zero-order valence-electron chi connectivity index (χ0n) is 13.3. The molecule has 7 nitrogen and oxygen atoms in total. The van der Waals surface area contributed by atoms with E-state index in [1.165, 1.54) is 19.3 Å². The fourth-order valence-electron chi connectivity index (χ4n) is 2.91. The number of nitrogens with zero attached hydrogens (tertiary/aromatic N) is 3. The van der Waals surface area contributed by atoms with E-state index in [9.17, 15) is 4.79 Å². The molecular weight excluding hydrogens is 292 g/mol. The average molecular weight is 314 g/mol. The summed E-state index contributed by atoms with van der Waals surface area (Å²) in [6, 6.07) is 1.58. The van der Waals surface area contributed by atoms with E-state index in [1.54, 1.807) is 12.4 Å². The third-order valence-corrected chi connectivity index (χ3v) is 4.30. The van der Waals surface area contributed by atoms with E-state index in [4.69, 9.17) is 0 Å². The number of nitrogens with one attached hydrogen (secondary N) is 3. The van der Waals surface area contributed by atoms with Gasteiger partial charge in [0.1, 0.15) is 5.82 Å². The van der Waals surface area contributed by atoms with Crippen LogP contribution in [0.2, 0.25) is 0 Å². The summed E-state index contributed by atoms with van der Waals surface area (Å²) < 4.78 is 0. The second-order valence-electron chi connectivity index (χ2n) is 5.99. The van der Waals surface area contributed by atoms with Crippen LogP contribution >= 0.6 is 0 Å². The molecule has 3 N–H and O–H groups in total. The fraction of sp³-hybridized carbons (Fsp3) is 0.500. The lowest BCUT2D eigenvalue weighted by molar-refractivity contribution is 0.251. The van der Waals surface area contributed by atoms with Gasteiger partial charge in [-0.2, -0.15) is 4.98 Å². The number of pyridine rings is 1. The number of anilines is 1. The van der Waals surface area contributed by atoms with E-state index in [0.29, 0.717) is 18.4 Å². The van der Waals surface area contributed by atoms with Gasteiger partial charge in [-0.3, -0.25) is 15.4 Å². The van der Waals surface area contributed by atoms with Crippen LogP contribution in [0.15, 0.2) is 18.5 Å². The summed E-state index contributed by atoms with van der Waals surface area (Å²) in [5, 5.41) is 12.5. The summed E-state index contributed by atoms with van der Waals surface area (Å²) >= 11 is 0. The van der Waals surface area contributed by atoms with E-state index in [2.05, 4.69) is 30.8 Å². The maximum Gasteiger partial charge on any atom is 0.321 e. The first kappa shape index (κ1) is 15.5. The molecule has 0 aliphatic heterocycles. The van der Waals surface area contributed by atoms with Crippen molar-refractivity contribution in [3.05, 3.63) is 35.4 Å². The lowest BCUT2D eigenvalue weighted by atomic mass is 9.89. The van der Waals surface area contributed by atoms with Crippen LogP contribution in [-0.4, -0.2) is 26.2 Å². The van der Waals surface area contributed by atoms with Gasteiger partial charge in [-0.25, -0.2) is 4.79 Å². The molecule has 2 aromatic rings. The second kappa shape index (κ2) is 7.21. The molecule has 1 fully saturated rings. The fourth-order valence-corrected chi connectivity index (χ4v) is 2.91. The Morgan fingerprint density at radius 1 is 1.35 bits per heavy atom. The molecule has 0 saturated heterocycles. The van der Waals surface area contributed by atoms with Crippen molar-refractivity contribution in [1.82, 2.24) is 25.5 Å². The smallest absolute Gasteiger partial charge is 0.321 e. The maximum absolute atomic E-state index is 12.0. The van der Waals surface area contributed by atoms with Gasteiger partial charge < -0.3 is 5.32 Å². The zero-order chi connectivity index (χ0) is 16.1. The van der Waals surface area contributed by atoms with Gasteiger partial charge in [0.2, 0.25) is 5.95 Å². The highest BCUT2D eigenvalue weighted by Crippen LogP contribution is 2.30. The van der Waals surface area contributed by atoms with Gasteiger partial charge in [-0.1, -0.05) is 19.3 Å². The highest BCUT2D eigenvalue weighted by molar-refractivity contribution is 5.87. The normalized spacial score (nSPS) is 15.3. The van der Waals surface area contributed by atoms with E-state index in [0.717, 1.165) is 29.8 Å². The van der Waals surface area contributed by atoms with Crippen LogP contribution in [0.5, 0.6) is 0 Å². The number of rotatable bonds is 4. The van der Waals surface area contributed by atoms with E-state index < -0.39 is 0 Å². The Balaban J connectivity index is 1.52. The van der Waals surface area contributed by atoms with Gasteiger partial charge in [-0.15, -0.1) is 5.10 Å². The summed E-state index contributed by atoms with van der Waals surface area (Å²) in [5.74, 6) is 1.65. The van der Waals surface area contributed by atoms with Crippen molar-refractivity contribution in [3.63, 3.8) is 0 Å². The number of aromatic amines is 1. The SMILES string of the molecule is Cc1cnccc1CNC(=O)Nc1n[nH]c(C2CCCCC2)n1. The molecule has 2 aromatic heterocycles. The van der Waals surface area contributed by atoms with Crippen LogP contribution in [0.25, 0.3) is 0 Å². The molecule has 1 aliphatic carbocycles. The lowest BCUT2D eigenvalue weighted by Crippen LogP contribution is -2.29. The average Bonchev–Trinajstić information content (AvgIpc) is 3.03. The Morgan fingerprint density at radius 2 is 2.17 bits per heavy atom. The summed E-state index contributed by atoms with van der Waals surface area (Å²) in [7, 11) is 0. The van der Waals surface area contributed by atoms with Crippen molar-refractivity contribution in [2.75, 3.05) is 5.32 Å². The number of hydrogen-bond acceptors (Lipinski definition) is 4. The van der Waals surface area contributed by atoms with Crippen molar-refractivity contribution in [3.8, 4) is 0 Å². The molecule has 2 heterocycles. The number of H-pyrrole nitrogens is 1. The molecule has 1 saturated carbocycles. The van der Waals surface area contributed by atoms with Crippen molar-refractivity contribution in [2.45, 2.75) is 51.5 Å². The molecule has 1 aliphatic rings. The van der Waals surface area contributed by atoms with E-state index in [-0.39, 0.29) is 6.03 Å². The summed E-state index contributed by atoms with van der Waals surface area (Å²) in [6.45, 7) is 2.41. The minimum Gasteiger partial charge on any atom is -0.334 e. The van der Waals surface area contributed by atoms with Gasteiger partial charge in [0, 0.05) is 24.9 Å². The molecule has 0 spiro atoms. The molecule has 3 rings (SSSR count). The first-order valence-electron chi connectivity index (χ1n) is 8.09. The van der Waals surface area contributed by atoms with Gasteiger partial charge in [0.05, 0.1) is 0 Å². The highest BCUT2D eigenvalue weighted by atomic mass is 16.2. The van der Waals surface area contributed by atoms with Crippen LogP contribution < -0.4 is 10.6 Å². The molecule has 23 heavy (non-hydrogen) atoms. The van der Waals surface area contributed by atoms with Crippen molar-refractivity contribution in [1.29, 1.82) is 0 Å². The zero-order valence-corrected chi connectivity index (χ0v) is 13.3. The number of aryl methyl sites for hydroxylation is 1. The first-order valence-corrected chi connectivity index (χ1v) is 8.09. The highest BCUT2D eigenvalue weighted by Gasteiger charge is 2.19. The van der Waals surface area contributed by atoms with Crippen molar-refractivity contribution >= 4 is 12.0 Å². The number of carbonyl (C=O) groups excluding carboxylic acids is 1. The Hall–Kier alpha value is -2.44. The summed E-state index contributed by atoms with van der Waals surface area (Å²) in [5.41, 5.74) is 2.08. The van der Waals surface area contributed by atoms with Gasteiger partial charge in [0.25, 0.3) is 0 Å². The lowest BCUT2D eigenvalue weighted by Gasteiger charge is -2.18. The van der Waals surface area contributed by atoms with Crippen LogP contribution in [0, 0.1) is 6.92 Å². The molecular formula is C16H22N6O. The molecule has 0 atom stereocenters. The molecule has 0 radical (unpaired) electrons. The first-order chi connectivity index (χ1) is 11.2. The minimum absolute atomic E-state index is 0.310. The standard InChI is InChI=1S/C16H22N6O/c1-11-9-17-8-7-13(11)10-18-16(23)20-15-19-14(21-22-15)12-5-3-2-4-6-12/h7-9,12H,2-6,10H2,1H3,(H3,18,19,20,21,22,23). The predicted molar refractivity (Wildman–Crippen MR) is 87.0 cm³/mol. The maximum atomic E-state index is 12.0. The number of urea groups is 1. The largest absolute Gasteiger partial charge is 0.334 e. The quantitative estimate of drug-likeness (QED) is 0.808. The Labute approximate surface area is 135 Å². The molecule has 122 valence electrons. The van der Waals surface area contributed by atoms with Crippen LogP contribution in [0.3, 0.4) is 0 Å². The molecule has 2 amide bonds. The van der Waals surface area contributed by atoms with E-state index in [1.807, 2.05) is 13.0 Å². The summed E-state index contributed by atoms with van der Waals surface area (Å²) in [6.07, 6.45) is 9.55. The van der Waals surface area contributed by atoms with E-state index >= 15 is 0 Å². The molecule has 0 bridgehead atoms. The van der Waals surface area contributed by atoms with Crippen molar-refractivity contribution in [2.24, 2.45) is 0 Å². The van der Waals surface area contributed by atoms with Crippen LogP contribution in [0.4, 0.5) is 10.7 Å². The Morgan fingerprint density at radius 3 is 2.96 bits per heavy atom. The summed E-state index contributed by atoms with van der Waals surface area (Å²) in [4.78, 5) is 20.4. The number of amides is 2. The molecule has 0 aromatic carbocycles. The molecule has 7 heteroatoms. The third-order valence-electron chi connectivity index (χ3n) is 4.30. The topological polar surface area (TPSA) is 95.6 Å². The second-order valence-corrected chi connectivity index (χ2v) is 5.99. The number of carbonyl (C=O) groups is 1. The predicted octanol–water partition coefficient (Wildman–Crippen LogP) is 2.88. The van der Waals surface area contributed by atoms with Gasteiger partial charge in [0.15, 0.2) is 0 Å². The monoisotopic (exact) mass is 314 g/mol. The van der Waals surface area contributed by atoms with Gasteiger partial charge >= 0.3 is 6.03 Å². The van der Waals surface area contributed by atoms with Gasteiger partial charge in [-0.05, 0) is 37.0 Å². The number of aromatic nitrogens is 4. The Bertz CT molecular complexity index is 662. The van der Waals surface area contributed by atoms with Crippen LogP contribution in [-0.2, 0) is 6.54 Å². The number of hydrogen-bond donors (Lipinski definition) is 3. The molecule has 0 unspecified atom stereocenters. The third kappa shape index (κ3) is 4.06.